The maximum atomic E-state index is 13.5. The van der Waals surface area contributed by atoms with Gasteiger partial charge in [-0.3, -0.25) is 9.20 Å². The van der Waals surface area contributed by atoms with Crippen LogP contribution in [-0.4, -0.2) is 36.1 Å². The van der Waals surface area contributed by atoms with Gasteiger partial charge in [-0.1, -0.05) is 18.2 Å². The number of fused-ring (bicyclic) bond motifs is 1. The van der Waals surface area contributed by atoms with Gasteiger partial charge in [0.1, 0.15) is 28.7 Å². The Morgan fingerprint density at radius 2 is 1.97 bits per heavy atom. The third-order valence-electron chi connectivity index (χ3n) is 6.69. The molecule has 9 heteroatoms. The molecule has 0 bridgehead atoms. The molecule has 1 fully saturated rings. The number of imidazole rings is 1. The van der Waals surface area contributed by atoms with E-state index in [0.717, 1.165) is 28.7 Å². The van der Waals surface area contributed by atoms with Crippen LogP contribution in [0.2, 0.25) is 0 Å². The van der Waals surface area contributed by atoms with Crippen molar-refractivity contribution in [3.05, 3.63) is 77.1 Å². The number of rotatable bonds is 5. The molecule has 1 aliphatic rings. The Morgan fingerprint density at radius 1 is 1.22 bits per heavy atom. The Labute approximate surface area is 207 Å². The Balaban J connectivity index is 1.47. The molecule has 186 valence electrons. The van der Waals surface area contributed by atoms with E-state index in [2.05, 4.69) is 10.3 Å². The van der Waals surface area contributed by atoms with Gasteiger partial charge in [0.25, 0.3) is 5.91 Å². The number of nitrogens with zero attached hydrogens (tertiary/aromatic N) is 3. The Bertz CT molecular complexity index is 1490. The SMILES string of the molecule is Cc1cn2c(C3CC(C)(O)C3)nc(-c3ccc(NC(=O)[C@H](O)c4cccc(F)c4)cc3C)c2c(N)n1. The fraction of sp³-hybridized carbons (Fsp3) is 0.296. The predicted octanol–water partition coefficient (Wildman–Crippen LogP) is 4.03. The highest BCUT2D eigenvalue weighted by atomic mass is 19.1. The average molecular weight is 490 g/mol. The number of aryl methyl sites for hydroxylation is 2. The smallest absolute Gasteiger partial charge is 0.257 e. The van der Waals surface area contributed by atoms with E-state index in [0.29, 0.717) is 35.6 Å². The van der Waals surface area contributed by atoms with E-state index >= 15 is 0 Å². The van der Waals surface area contributed by atoms with Crippen LogP contribution in [0.25, 0.3) is 16.8 Å². The van der Waals surface area contributed by atoms with Gasteiger partial charge in [0.05, 0.1) is 11.3 Å². The second-order valence-corrected chi connectivity index (χ2v) is 9.88. The van der Waals surface area contributed by atoms with E-state index in [4.69, 9.17) is 10.7 Å². The number of carbonyl (C=O) groups excluding carboxylic acids is 1. The van der Waals surface area contributed by atoms with Crippen LogP contribution in [0.3, 0.4) is 0 Å². The monoisotopic (exact) mass is 489 g/mol. The number of hydrogen-bond donors (Lipinski definition) is 4. The van der Waals surface area contributed by atoms with E-state index in [1.807, 2.05) is 37.4 Å². The molecule has 0 unspecified atom stereocenters. The number of aliphatic hydroxyl groups excluding tert-OH is 1. The predicted molar refractivity (Wildman–Crippen MR) is 135 cm³/mol. The zero-order valence-corrected chi connectivity index (χ0v) is 20.3. The number of carbonyl (C=O) groups is 1. The van der Waals surface area contributed by atoms with Crippen molar-refractivity contribution in [2.75, 3.05) is 11.1 Å². The summed E-state index contributed by atoms with van der Waals surface area (Å²) < 4.78 is 15.4. The number of nitrogen functional groups attached to an aromatic ring is 1. The number of halogens is 1. The van der Waals surface area contributed by atoms with Crippen LogP contribution >= 0.6 is 0 Å². The molecular formula is C27H28FN5O3. The van der Waals surface area contributed by atoms with E-state index < -0.39 is 23.4 Å². The van der Waals surface area contributed by atoms with Crippen LogP contribution in [0.1, 0.15) is 54.4 Å². The van der Waals surface area contributed by atoms with Gasteiger partial charge < -0.3 is 21.3 Å². The zero-order valence-electron chi connectivity index (χ0n) is 20.3. The summed E-state index contributed by atoms with van der Waals surface area (Å²) in [5, 5.41) is 23.3. The minimum Gasteiger partial charge on any atom is -0.390 e. The van der Waals surface area contributed by atoms with Crippen molar-refractivity contribution in [2.45, 2.75) is 51.2 Å². The van der Waals surface area contributed by atoms with Crippen LogP contribution in [-0.2, 0) is 4.79 Å². The summed E-state index contributed by atoms with van der Waals surface area (Å²) in [5.41, 5.74) is 10.1. The lowest BCUT2D eigenvalue weighted by molar-refractivity contribution is -0.124. The second-order valence-electron chi connectivity index (χ2n) is 9.88. The minimum absolute atomic E-state index is 0.102. The molecule has 1 aliphatic carbocycles. The molecule has 5 rings (SSSR count). The number of nitrogens with one attached hydrogen (secondary N) is 1. The van der Waals surface area contributed by atoms with Gasteiger partial charge in [0.15, 0.2) is 6.10 Å². The molecule has 1 amide bonds. The minimum atomic E-state index is -1.51. The van der Waals surface area contributed by atoms with Crippen molar-refractivity contribution in [2.24, 2.45) is 0 Å². The van der Waals surface area contributed by atoms with E-state index in [9.17, 15) is 19.4 Å². The number of nitrogens with two attached hydrogens (primary N) is 1. The summed E-state index contributed by atoms with van der Waals surface area (Å²) in [6.07, 6.45) is 1.63. The maximum absolute atomic E-state index is 13.5. The summed E-state index contributed by atoms with van der Waals surface area (Å²) in [4.78, 5) is 21.9. The summed E-state index contributed by atoms with van der Waals surface area (Å²) in [5.74, 6) is 0.110. The molecule has 1 atom stereocenters. The Hall–Kier alpha value is -3.82. The summed E-state index contributed by atoms with van der Waals surface area (Å²) in [6, 6.07) is 10.6. The van der Waals surface area contributed by atoms with E-state index in [1.54, 1.807) is 12.1 Å². The molecule has 2 aromatic heterocycles. The summed E-state index contributed by atoms with van der Waals surface area (Å²) in [6.45, 7) is 5.59. The second kappa shape index (κ2) is 8.69. The zero-order chi connectivity index (χ0) is 25.8. The van der Waals surface area contributed by atoms with Crippen LogP contribution in [0.15, 0.2) is 48.7 Å². The molecule has 0 spiro atoms. The molecule has 4 aromatic rings. The first-order valence-electron chi connectivity index (χ1n) is 11.8. The van der Waals surface area contributed by atoms with Crippen molar-refractivity contribution in [1.29, 1.82) is 0 Å². The standard InChI is InChI=1S/C27H28FN5O3/c1-14-9-19(31-26(35)23(34)16-5-4-6-18(28)10-16)7-8-20(14)21-22-24(29)30-15(2)13-33(22)25(32-21)17-11-27(3,36)12-17/h4-10,13,17,23,34,36H,11-12H2,1-3H3,(H2,29,30)(H,31,35)/t17?,23-,27?/m1/s1. The highest BCUT2D eigenvalue weighted by Crippen LogP contribution is 2.45. The first-order valence-corrected chi connectivity index (χ1v) is 11.8. The molecule has 0 saturated heterocycles. The highest BCUT2D eigenvalue weighted by molar-refractivity contribution is 5.95. The van der Waals surface area contributed by atoms with Crippen LogP contribution in [0.5, 0.6) is 0 Å². The number of anilines is 2. The van der Waals surface area contributed by atoms with Crippen LogP contribution < -0.4 is 11.1 Å². The number of aromatic nitrogens is 3. The molecule has 2 heterocycles. The third kappa shape index (κ3) is 4.31. The lowest BCUT2D eigenvalue weighted by Crippen LogP contribution is -2.40. The number of aliphatic hydroxyl groups is 2. The van der Waals surface area contributed by atoms with Gasteiger partial charge in [-0.25, -0.2) is 14.4 Å². The molecule has 8 nitrogen and oxygen atoms in total. The van der Waals surface area contributed by atoms with Crippen molar-refractivity contribution >= 4 is 22.9 Å². The third-order valence-corrected chi connectivity index (χ3v) is 6.69. The fourth-order valence-electron chi connectivity index (χ4n) is 4.99. The summed E-state index contributed by atoms with van der Waals surface area (Å²) in [7, 11) is 0. The Kier molecular flexibility index (Phi) is 5.77. The van der Waals surface area contributed by atoms with Gasteiger partial charge in [0.2, 0.25) is 0 Å². The van der Waals surface area contributed by atoms with Crippen LogP contribution in [0.4, 0.5) is 15.9 Å². The van der Waals surface area contributed by atoms with Crippen molar-refractivity contribution < 1.29 is 19.4 Å². The van der Waals surface area contributed by atoms with Crippen molar-refractivity contribution in [3.63, 3.8) is 0 Å². The number of hydrogen-bond acceptors (Lipinski definition) is 6. The first kappa shape index (κ1) is 23.9. The summed E-state index contributed by atoms with van der Waals surface area (Å²) >= 11 is 0. The first-order chi connectivity index (χ1) is 17.0. The molecule has 5 N–H and O–H groups in total. The van der Waals surface area contributed by atoms with Gasteiger partial charge in [-0.05, 0) is 69.0 Å². The average Bonchev–Trinajstić information content (AvgIpc) is 3.16. The Morgan fingerprint density at radius 3 is 2.64 bits per heavy atom. The van der Waals surface area contributed by atoms with Crippen molar-refractivity contribution in [3.8, 4) is 11.3 Å². The normalized spacial score (nSPS) is 20.2. The van der Waals surface area contributed by atoms with Crippen LogP contribution in [0, 0.1) is 19.7 Å². The number of amides is 1. The number of benzene rings is 2. The molecule has 0 radical (unpaired) electrons. The molecule has 0 aliphatic heterocycles. The van der Waals surface area contributed by atoms with Crippen molar-refractivity contribution in [1.82, 2.24) is 14.4 Å². The highest BCUT2D eigenvalue weighted by Gasteiger charge is 2.42. The molecule has 1 saturated carbocycles. The van der Waals surface area contributed by atoms with Gasteiger partial charge in [-0.15, -0.1) is 0 Å². The van der Waals surface area contributed by atoms with E-state index in [-0.39, 0.29) is 11.5 Å². The molecule has 2 aromatic carbocycles. The quantitative estimate of drug-likeness (QED) is 0.335. The topological polar surface area (TPSA) is 126 Å². The van der Waals surface area contributed by atoms with Gasteiger partial charge in [0, 0.05) is 23.4 Å². The molecular weight excluding hydrogens is 461 g/mol. The largest absolute Gasteiger partial charge is 0.390 e. The lowest BCUT2D eigenvalue weighted by atomic mass is 9.72. The van der Waals surface area contributed by atoms with Gasteiger partial charge >= 0.3 is 0 Å². The maximum Gasteiger partial charge on any atom is 0.257 e. The lowest BCUT2D eigenvalue weighted by Gasteiger charge is -2.40. The fourth-order valence-corrected chi connectivity index (χ4v) is 4.99. The van der Waals surface area contributed by atoms with E-state index in [1.165, 1.54) is 18.2 Å². The molecule has 36 heavy (non-hydrogen) atoms. The van der Waals surface area contributed by atoms with Gasteiger partial charge in [-0.2, -0.15) is 0 Å².